The van der Waals surface area contributed by atoms with Gasteiger partial charge in [0.25, 0.3) is 0 Å². The van der Waals surface area contributed by atoms with Gasteiger partial charge >= 0.3 is 5.97 Å². The van der Waals surface area contributed by atoms with Crippen LogP contribution in [0.25, 0.3) is 0 Å². The van der Waals surface area contributed by atoms with Crippen molar-refractivity contribution in [2.45, 2.75) is 25.4 Å². The van der Waals surface area contributed by atoms with Crippen molar-refractivity contribution >= 4 is 23.2 Å². The van der Waals surface area contributed by atoms with E-state index in [2.05, 4.69) is 4.90 Å². The Balaban J connectivity index is 1.79. The Morgan fingerprint density at radius 1 is 1.48 bits per heavy atom. The van der Waals surface area contributed by atoms with E-state index in [-0.39, 0.29) is 24.4 Å². The number of carboxylic acid groups (broad SMARTS) is 1. The van der Waals surface area contributed by atoms with Gasteiger partial charge in [-0.25, -0.2) is 0 Å². The monoisotopic (exact) mass is 338 g/mol. The van der Waals surface area contributed by atoms with Crippen LogP contribution < -0.4 is 0 Å². The molecule has 0 saturated carbocycles. The number of carbonyl (C=O) groups excluding carboxylic acids is 1. The topological polar surface area (TPSA) is 70.1 Å². The van der Waals surface area contributed by atoms with Crippen LogP contribution in [0.5, 0.6) is 0 Å². The second kappa shape index (κ2) is 6.98. The van der Waals surface area contributed by atoms with Gasteiger partial charge < -0.3 is 14.7 Å². The lowest BCUT2D eigenvalue weighted by Crippen LogP contribution is -2.47. The Morgan fingerprint density at radius 3 is 2.83 bits per heavy atom. The zero-order valence-corrected chi connectivity index (χ0v) is 14.0. The lowest BCUT2D eigenvalue weighted by Gasteiger charge is -2.36. The molecule has 1 aromatic rings. The summed E-state index contributed by atoms with van der Waals surface area (Å²) in [7, 11) is 0. The first-order valence-electron chi connectivity index (χ1n) is 7.95. The van der Waals surface area contributed by atoms with Crippen LogP contribution in [0.2, 0.25) is 0 Å². The molecular formula is C16H22N2O4S. The smallest absolute Gasteiger partial charge is 0.309 e. The second-order valence-electron chi connectivity index (χ2n) is 6.17. The summed E-state index contributed by atoms with van der Waals surface area (Å²) in [6, 6.07) is 3.47. The third-order valence-electron chi connectivity index (χ3n) is 4.62. The Bertz CT molecular complexity index is 556. The van der Waals surface area contributed by atoms with Crippen molar-refractivity contribution in [3.63, 3.8) is 0 Å². The van der Waals surface area contributed by atoms with E-state index in [0.29, 0.717) is 13.2 Å². The molecule has 2 aliphatic heterocycles. The van der Waals surface area contributed by atoms with E-state index in [9.17, 15) is 14.7 Å². The van der Waals surface area contributed by atoms with Gasteiger partial charge in [-0.3, -0.25) is 14.5 Å². The highest BCUT2D eigenvalue weighted by Gasteiger charge is 2.47. The summed E-state index contributed by atoms with van der Waals surface area (Å²) in [5.41, 5.74) is 0. The highest BCUT2D eigenvalue weighted by Crippen LogP contribution is 2.41. The van der Waals surface area contributed by atoms with Crippen LogP contribution in [0.3, 0.4) is 0 Å². The first-order chi connectivity index (χ1) is 11.1. The second-order valence-corrected chi connectivity index (χ2v) is 7.15. The molecule has 1 amide bonds. The Morgan fingerprint density at radius 2 is 2.22 bits per heavy atom. The molecule has 6 nitrogen and oxygen atoms in total. The molecule has 0 aliphatic carbocycles. The molecule has 3 rings (SSSR count). The van der Waals surface area contributed by atoms with E-state index >= 15 is 0 Å². The van der Waals surface area contributed by atoms with Crippen LogP contribution in [-0.4, -0.2) is 65.7 Å². The summed E-state index contributed by atoms with van der Waals surface area (Å²) in [6.45, 7) is 5.91. The summed E-state index contributed by atoms with van der Waals surface area (Å²) in [5.74, 6) is -1.61. The van der Waals surface area contributed by atoms with Gasteiger partial charge in [0.1, 0.15) is 0 Å². The quantitative estimate of drug-likeness (QED) is 0.880. The number of ether oxygens (including phenoxy) is 1. The van der Waals surface area contributed by atoms with Crippen molar-refractivity contribution < 1.29 is 19.4 Å². The number of carbonyl (C=O) groups is 2. The first-order valence-corrected chi connectivity index (χ1v) is 8.83. The van der Waals surface area contributed by atoms with E-state index in [0.717, 1.165) is 24.5 Å². The number of hydrogen-bond acceptors (Lipinski definition) is 5. The Kier molecular flexibility index (Phi) is 4.99. The highest BCUT2D eigenvalue weighted by atomic mass is 32.1. The number of carboxylic acids is 1. The number of aliphatic carboxylic acids is 1. The molecule has 2 fully saturated rings. The fraction of sp³-hybridized carbons (Fsp3) is 0.625. The molecule has 1 aromatic heterocycles. The maximum absolute atomic E-state index is 12.5. The molecule has 0 spiro atoms. The van der Waals surface area contributed by atoms with E-state index in [1.807, 2.05) is 24.4 Å². The molecule has 0 aromatic carbocycles. The van der Waals surface area contributed by atoms with Crippen LogP contribution in [0.1, 0.15) is 24.3 Å². The number of hydrogen-bond donors (Lipinski definition) is 1. The predicted octanol–water partition coefficient (Wildman–Crippen LogP) is 1.44. The molecule has 1 N–H and O–H groups in total. The van der Waals surface area contributed by atoms with Crippen LogP contribution >= 0.6 is 11.3 Å². The molecule has 7 heteroatoms. The normalized spacial score (nSPS) is 27.3. The van der Waals surface area contributed by atoms with Gasteiger partial charge in [0.15, 0.2) is 0 Å². The summed E-state index contributed by atoms with van der Waals surface area (Å²) < 4.78 is 5.36. The van der Waals surface area contributed by atoms with Crippen molar-refractivity contribution in [1.29, 1.82) is 0 Å². The number of morpholine rings is 1. The maximum atomic E-state index is 12.5. The first kappa shape index (κ1) is 16.4. The summed E-state index contributed by atoms with van der Waals surface area (Å²) in [5, 5.41) is 11.5. The maximum Gasteiger partial charge on any atom is 0.309 e. The molecule has 0 bridgehead atoms. The van der Waals surface area contributed by atoms with Crippen molar-refractivity contribution in [2.24, 2.45) is 5.92 Å². The van der Waals surface area contributed by atoms with Gasteiger partial charge in [0.05, 0.1) is 25.2 Å². The van der Waals surface area contributed by atoms with Crippen LogP contribution in [-0.2, 0) is 14.3 Å². The van der Waals surface area contributed by atoms with E-state index in [1.54, 1.807) is 4.90 Å². The number of rotatable bonds is 5. The summed E-state index contributed by atoms with van der Waals surface area (Å²) in [6.07, 6.45) is 0.0886. The lowest BCUT2D eigenvalue weighted by molar-refractivity contribution is -0.142. The van der Waals surface area contributed by atoms with E-state index < -0.39 is 11.9 Å². The Labute approximate surface area is 139 Å². The largest absolute Gasteiger partial charge is 0.481 e. The fourth-order valence-electron chi connectivity index (χ4n) is 3.54. The summed E-state index contributed by atoms with van der Waals surface area (Å²) in [4.78, 5) is 29.1. The SMILES string of the molecule is C[C@H](CN1CCOCC1)N1C(=O)C[C@H](C(=O)O)[C@@H]1c1cccs1. The third kappa shape index (κ3) is 3.41. The minimum absolute atomic E-state index is 0.0166. The van der Waals surface area contributed by atoms with E-state index in [1.165, 1.54) is 11.3 Å². The number of amides is 1. The van der Waals surface area contributed by atoms with Gasteiger partial charge in [-0.15, -0.1) is 11.3 Å². The molecule has 23 heavy (non-hydrogen) atoms. The lowest BCUT2D eigenvalue weighted by atomic mass is 9.98. The fourth-order valence-corrected chi connectivity index (χ4v) is 4.43. The van der Waals surface area contributed by atoms with Crippen LogP contribution in [0, 0.1) is 5.92 Å². The van der Waals surface area contributed by atoms with Crippen LogP contribution in [0.4, 0.5) is 0 Å². The zero-order valence-electron chi connectivity index (χ0n) is 13.2. The number of nitrogens with zero attached hydrogens (tertiary/aromatic N) is 2. The molecule has 3 atom stereocenters. The standard InChI is InChI=1S/C16H22N2O4S/c1-11(10-17-4-6-22-7-5-17)18-14(19)9-12(16(20)21)15(18)13-3-2-8-23-13/h2-3,8,11-12,15H,4-7,9-10H2,1H3,(H,20,21)/t11-,12+,15-/m1/s1. The van der Waals surface area contributed by atoms with Crippen LogP contribution in [0.15, 0.2) is 17.5 Å². The minimum atomic E-state index is -0.891. The average Bonchev–Trinajstić information content (AvgIpc) is 3.15. The van der Waals surface area contributed by atoms with Gasteiger partial charge in [0, 0.05) is 37.0 Å². The Hall–Kier alpha value is -1.44. The predicted molar refractivity (Wildman–Crippen MR) is 86.4 cm³/mol. The minimum Gasteiger partial charge on any atom is -0.481 e. The molecule has 0 radical (unpaired) electrons. The van der Waals surface area contributed by atoms with Crippen molar-refractivity contribution in [3.8, 4) is 0 Å². The number of thiophene rings is 1. The molecular weight excluding hydrogens is 316 g/mol. The molecule has 2 aliphatic rings. The van der Waals surface area contributed by atoms with Crippen molar-refractivity contribution in [2.75, 3.05) is 32.8 Å². The van der Waals surface area contributed by atoms with Crippen molar-refractivity contribution in [3.05, 3.63) is 22.4 Å². The highest BCUT2D eigenvalue weighted by molar-refractivity contribution is 7.10. The molecule has 126 valence electrons. The van der Waals surface area contributed by atoms with Gasteiger partial charge in [-0.05, 0) is 18.4 Å². The van der Waals surface area contributed by atoms with Gasteiger partial charge in [0.2, 0.25) is 5.91 Å². The third-order valence-corrected chi connectivity index (χ3v) is 5.56. The molecule has 3 heterocycles. The zero-order chi connectivity index (χ0) is 16.4. The van der Waals surface area contributed by atoms with Gasteiger partial charge in [-0.2, -0.15) is 0 Å². The molecule has 2 saturated heterocycles. The summed E-state index contributed by atoms with van der Waals surface area (Å²) >= 11 is 1.52. The average molecular weight is 338 g/mol. The van der Waals surface area contributed by atoms with Crippen molar-refractivity contribution in [1.82, 2.24) is 9.80 Å². The van der Waals surface area contributed by atoms with Gasteiger partial charge in [-0.1, -0.05) is 6.07 Å². The van der Waals surface area contributed by atoms with E-state index in [4.69, 9.17) is 4.74 Å². The number of likely N-dealkylation sites (tertiary alicyclic amines) is 1. The molecule has 0 unspecified atom stereocenters.